The van der Waals surface area contributed by atoms with Gasteiger partial charge in [-0.2, -0.15) is 0 Å². The van der Waals surface area contributed by atoms with Gasteiger partial charge >= 0.3 is 5.97 Å². The van der Waals surface area contributed by atoms with Gasteiger partial charge in [-0.15, -0.1) is 0 Å². The lowest BCUT2D eigenvalue weighted by Crippen LogP contribution is -2.57. The summed E-state index contributed by atoms with van der Waals surface area (Å²) in [6, 6.07) is 0.400. The number of hydrogen-bond donors (Lipinski definition) is 4. The topological polar surface area (TPSA) is 125 Å². The summed E-state index contributed by atoms with van der Waals surface area (Å²) in [6.07, 6.45) is 11.9. The van der Waals surface area contributed by atoms with Gasteiger partial charge in [0.15, 0.2) is 10.9 Å². The van der Waals surface area contributed by atoms with Crippen molar-refractivity contribution >= 4 is 28.6 Å². The molecule has 1 spiro atoms. The molecule has 0 aromatic carbocycles. The van der Waals surface area contributed by atoms with E-state index in [1.165, 1.54) is 17.3 Å². The Balaban J connectivity index is 0.000000258. The first-order valence-electron chi connectivity index (χ1n) is 16.8. The molecule has 0 bridgehead atoms. The maximum atomic E-state index is 12.2. The van der Waals surface area contributed by atoms with Crippen molar-refractivity contribution < 1.29 is 29.3 Å². The van der Waals surface area contributed by atoms with Crippen LogP contribution in [0.1, 0.15) is 105 Å². The largest absolute Gasteiger partial charge is 0.458 e. The molecule has 0 aromatic heterocycles. The van der Waals surface area contributed by atoms with Gasteiger partial charge < -0.3 is 25.6 Å². The number of aliphatic hydroxyl groups is 2. The fourth-order valence-corrected chi connectivity index (χ4v) is 10.6. The predicted molar refractivity (Wildman–Crippen MR) is 171 cm³/mol. The summed E-state index contributed by atoms with van der Waals surface area (Å²) in [5.74, 6) is 1.67. The van der Waals surface area contributed by atoms with Gasteiger partial charge in [-0.05, 0) is 87.0 Å². The molecule has 1 saturated heterocycles. The number of hydrogen-bond acceptors (Lipinski definition) is 9. The summed E-state index contributed by atoms with van der Waals surface area (Å²) in [6.45, 7) is 12.5. The second-order valence-corrected chi connectivity index (χ2v) is 15.6. The van der Waals surface area contributed by atoms with Gasteiger partial charge in [0.1, 0.15) is 5.60 Å². The van der Waals surface area contributed by atoms with E-state index in [-0.39, 0.29) is 63.8 Å². The second-order valence-electron chi connectivity index (χ2n) is 14.1. The van der Waals surface area contributed by atoms with E-state index in [4.69, 9.17) is 14.9 Å². The van der Waals surface area contributed by atoms with Crippen LogP contribution in [-0.4, -0.2) is 76.3 Å². The van der Waals surface area contributed by atoms with Crippen molar-refractivity contribution in [1.82, 2.24) is 10.6 Å². The number of esters is 1. The number of ketones is 1. The van der Waals surface area contributed by atoms with Crippen LogP contribution in [0, 0.1) is 28.6 Å². The molecule has 1 aliphatic heterocycles. The fourth-order valence-electron chi connectivity index (χ4n) is 9.36. The van der Waals surface area contributed by atoms with E-state index >= 15 is 0 Å². The van der Waals surface area contributed by atoms with E-state index in [0.717, 1.165) is 70.9 Å². The van der Waals surface area contributed by atoms with Crippen LogP contribution in [0.5, 0.6) is 0 Å². The van der Waals surface area contributed by atoms with E-state index < -0.39 is 0 Å². The number of aliphatic hydroxyl groups excluding tert-OH is 2. The van der Waals surface area contributed by atoms with Crippen molar-refractivity contribution in [3.05, 3.63) is 11.6 Å². The minimum atomic E-state index is -0.287. The van der Waals surface area contributed by atoms with E-state index in [0.29, 0.717) is 30.6 Å². The number of carbonyl (C=O) groups is 3. The standard InChI is InChI=1S/C24H32O4S.C10H24N2O2/c1-14(25)29-19-13-15-12-16(26)4-8-22(15,2)17-5-9-23(3)18(21(17)19)6-10-24(23)11-7-20(27)28-24;1-3-9(7-13)11-5-6-12-10(4-2)8-14/h12,17-19,21H,4-11,13H2,1-3H3;9-14H,3-8H2,1-2H3/t17-,18-,19+,21+,22-,23-,24+;9-,10-/m00/s1. The number of rotatable bonds is 10. The summed E-state index contributed by atoms with van der Waals surface area (Å²) < 4.78 is 6.06. The van der Waals surface area contributed by atoms with Crippen molar-refractivity contribution in [2.24, 2.45) is 28.6 Å². The van der Waals surface area contributed by atoms with Crippen molar-refractivity contribution in [3.63, 3.8) is 0 Å². The molecule has 4 fully saturated rings. The molecule has 1 heterocycles. The van der Waals surface area contributed by atoms with E-state index in [2.05, 4.69) is 24.5 Å². The van der Waals surface area contributed by atoms with Gasteiger partial charge in [0, 0.05) is 55.6 Å². The smallest absolute Gasteiger partial charge is 0.306 e. The zero-order valence-electron chi connectivity index (χ0n) is 27.1. The van der Waals surface area contributed by atoms with Crippen LogP contribution in [-0.2, 0) is 19.1 Å². The molecule has 9 atom stereocenters. The second kappa shape index (κ2) is 14.4. The average molecular weight is 621 g/mol. The highest BCUT2D eigenvalue weighted by atomic mass is 32.2. The predicted octanol–water partition coefficient (Wildman–Crippen LogP) is 4.56. The Labute approximate surface area is 262 Å². The van der Waals surface area contributed by atoms with Crippen molar-refractivity contribution in [2.45, 2.75) is 128 Å². The van der Waals surface area contributed by atoms with Crippen LogP contribution in [0.25, 0.3) is 0 Å². The highest BCUT2D eigenvalue weighted by Gasteiger charge is 2.68. The Morgan fingerprint density at radius 2 is 1.60 bits per heavy atom. The first-order valence-corrected chi connectivity index (χ1v) is 17.7. The number of carbonyl (C=O) groups excluding carboxylic acids is 3. The van der Waals surface area contributed by atoms with Gasteiger partial charge in [-0.1, -0.05) is 45.0 Å². The van der Waals surface area contributed by atoms with Crippen LogP contribution >= 0.6 is 11.8 Å². The molecule has 5 aliphatic rings. The van der Waals surface area contributed by atoms with E-state index in [1.54, 1.807) is 6.92 Å². The number of ether oxygens (including phenoxy) is 1. The lowest BCUT2D eigenvalue weighted by molar-refractivity contribution is -0.167. The molecule has 0 radical (unpaired) electrons. The third-order valence-corrected chi connectivity index (χ3v) is 13.1. The maximum Gasteiger partial charge on any atom is 0.306 e. The molecule has 4 aliphatic carbocycles. The molecule has 244 valence electrons. The van der Waals surface area contributed by atoms with Crippen LogP contribution in [0.4, 0.5) is 0 Å². The number of fused-ring (bicyclic) bond motifs is 6. The monoisotopic (exact) mass is 620 g/mol. The summed E-state index contributed by atoms with van der Waals surface area (Å²) in [4.78, 5) is 36.4. The minimum absolute atomic E-state index is 0.0119. The maximum absolute atomic E-state index is 12.2. The Bertz CT molecular complexity index is 1030. The average Bonchev–Trinajstić information content (AvgIpc) is 3.50. The van der Waals surface area contributed by atoms with Gasteiger partial charge in [-0.3, -0.25) is 14.4 Å². The highest BCUT2D eigenvalue weighted by molar-refractivity contribution is 8.14. The zero-order chi connectivity index (χ0) is 31.4. The lowest BCUT2D eigenvalue weighted by atomic mass is 9.46. The van der Waals surface area contributed by atoms with E-state index in [9.17, 15) is 14.4 Å². The van der Waals surface area contributed by atoms with Crippen LogP contribution in [0.2, 0.25) is 0 Å². The molecule has 9 heteroatoms. The Morgan fingerprint density at radius 3 is 2.14 bits per heavy atom. The first kappa shape index (κ1) is 34.6. The molecule has 43 heavy (non-hydrogen) atoms. The number of nitrogens with one attached hydrogen (secondary N) is 2. The summed E-state index contributed by atoms with van der Waals surface area (Å²) >= 11 is 1.50. The third-order valence-electron chi connectivity index (χ3n) is 12.0. The zero-order valence-corrected chi connectivity index (χ0v) is 27.9. The van der Waals surface area contributed by atoms with Crippen molar-refractivity contribution in [2.75, 3.05) is 26.3 Å². The Hall–Kier alpha value is -1.26. The molecule has 4 N–H and O–H groups in total. The molecule has 0 amide bonds. The number of allylic oxidation sites excluding steroid dienone is 1. The minimum Gasteiger partial charge on any atom is -0.458 e. The molecule has 0 unspecified atom stereocenters. The van der Waals surface area contributed by atoms with Gasteiger partial charge in [0.25, 0.3) is 0 Å². The highest BCUT2D eigenvalue weighted by Crippen LogP contribution is 2.70. The van der Waals surface area contributed by atoms with Crippen LogP contribution in [0.15, 0.2) is 11.6 Å². The molecular formula is C34H56N2O6S. The van der Waals surface area contributed by atoms with Gasteiger partial charge in [0.2, 0.25) is 0 Å². The SMILES string of the molecule is CC(=O)S[C@@H]1CC2=CC(=O)CC[C@]2(C)[C@H]2CC[C@@]3(C)[C@@H](CC[C@@]34CCC(=O)O4)[C@H]12.CC[C@@H](CO)NCCN[C@@H](CC)CO. The molecule has 5 rings (SSSR count). The Kier molecular flexibility index (Phi) is 11.6. The quantitative estimate of drug-likeness (QED) is 0.206. The van der Waals surface area contributed by atoms with E-state index in [1.807, 2.05) is 19.9 Å². The molecular weight excluding hydrogens is 564 g/mol. The van der Waals surface area contributed by atoms with Gasteiger partial charge in [-0.25, -0.2) is 0 Å². The first-order chi connectivity index (χ1) is 20.5. The number of thioether (sulfide) groups is 1. The fraction of sp³-hybridized carbons (Fsp3) is 0.853. The molecule has 3 saturated carbocycles. The van der Waals surface area contributed by atoms with Crippen LogP contribution < -0.4 is 10.6 Å². The lowest BCUT2D eigenvalue weighted by Gasteiger charge is -2.61. The normalized spacial score (nSPS) is 37.8. The summed E-state index contributed by atoms with van der Waals surface area (Å²) in [7, 11) is 0. The van der Waals surface area contributed by atoms with Crippen molar-refractivity contribution in [1.29, 1.82) is 0 Å². The van der Waals surface area contributed by atoms with Crippen LogP contribution in [0.3, 0.4) is 0 Å². The Morgan fingerprint density at radius 1 is 0.977 bits per heavy atom. The molecule has 0 aromatic rings. The molecule has 8 nitrogen and oxygen atoms in total. The van der Waals surface area contributed by atoms with Gasteiger partial charge in [0.05, 0.1) is 13.2 Å². The summed E-state index contributed by atoms with van der Waals surface area (Å²) in [5.41, 5.74) is 1.09. The van der Waals surface area contributed by atoms with Crippen molar-refractivity contribution in [3.8, 4) is 0 Å². The third kappa shape index (κ3) is 6.96. The summed E-state index contributed by atoms with van der Waals surface area (Å²) in [5, 5.41) is 24.7.